The third-order valence-electron chi connectivity index (χ3n) is 1.21. The lowest BCUT2D eigenvalue weighted by Gasteiger charge is -1.94. The van der Waals surface area contributed by atoms with Crippen LogP contribution in [0.4, 0.5) is 5.82 Å². The summed E-state index contributed by atoms with van der Waals surface area (Å²) in [5.41, 5.74) is 0.863. The van der Waals surface area contributed by atoms with E-state index in [4.69, 9.17) is 5.26 Å². The van der Waals surface area contributed by atoms with E-state index < -0.39 is 0 Å². The molecule has 1 heterocycles. The molecule has 5 heteroatoms. The number of hydrogen-bond acceptors (Lipinski definition) is 3. The summed E-state index contributed by atoms with van der Waals surface area (Å²) in [5.74, 6) is 0.108. The van der Waals surface area contributed by atoms with Gasteiger partial charge in [-0.05, 0) is 6.92 Å². The van der Waals surface area contributed by atoms with Crippen LogP contribution in [0.3, 0.4) is 0 Å². The molecule has 0 aromatic carbocycles. The largest absolute Gasteiger partial charge is 0.308 e. The molecule has 1 amide bonds. The molecule has 0 aliphatic heterocycles. The van der Waals surface area contributed by atoms with Gasteiger partial charge in [-0.15, -0.1) is 0 Å². The van der Waals surface area contributed by atoms with Crippen molar-refractivity contribution in [2.75, 3.05) is 5.32 Å². The fourth-order valence-corrected chi connectivity index (χ4v) is 0.741. The fourth-order valence-electron chi connectivity index (χ4n) is 0.741. The van der Waals surface area contributed by atoms with Crippen LogP contribution in [0.15, 0.2) is 6.07 Å². The Morgan fingerprint density at radius 2 is 2.67 bits per heavy atom. The number of H-pyrrole nitrogens is 1. The van der Waals surface area contributed by atoms with Gasteiger partial charge < -0.3 is 5.32 Å². The normalized spacial score (nSPS) is 9.00. The summed E-state index contributed by atoms with van der Waals surface area (Å²) < 4.78 is 0. The van der Waals surface area contributed by atoms with Gasteiger partial charge in [0.25, 0.3) is 0 Å². The van der Waals surface area contributed by atoms with Crippen molar-refractivity contribution in [2.45, 2.75) is 13.3 Å². The maximum Gasteiger partial charge on any atom is 0.239 e. The van der Waals surface area contributed by atoms with Crippen LogP contribution in [-0.4, -0.2) is 16.1 Å². The van der Waals surface area contributed by atoms with Crippen LogP contribution in [0.5, 0.6) is 0 Å². The van der Waals surface area contributed by atoms with Gasteiger partial charge in [-0.2, -0.15) is 10.4 Å². The zero-order valence-corrected chi connectivity index (χ0v) is 6.59. The van der Waals surface area contributed by atoms with Crippen molar-refractivity contribution in [2.24, 2.45) is 0 Å². The predicted octanol–water partition coefficient (Wildman–Crippen LogP) is 0.570. The number of aromatic nitrogens is 2. The molecule has 0 aliphatic carbocycles. The van der Waals surface area contributed by atoms with Gasteiger partial charge in [0.15, 0.2) is 5.82 Å². The zero-order valence-electron chi connectivity index (χ0n) is 6.59. The molecule has 1 aromatic heterocycles. The summed E-state index contributed by atoms with van der Waals surface area (Å²) in [4.78, 5) is 10.8. The van der Waals surface area contributed by atoms with Crippen molar-refractivity contribution in [3.63, 3.8) is 0 Å². The van der Waals surface area contributed by atoms with Crippen molar-refractivity contribution >= 4 is 11.7 Å². The summed E-state index contributed by atoms with van der Waals surface area (Å²) in [5, 5.41) is 17.1. The van der Waals surface area contributed by atoms with Crippen LogP contribution in [0.25, 0.3) is 0 Å². The SMILES string of the molecule is Cc1cc(NC(=O)CC#N)n[nH]1. The highest BCUT2D eigenvalue weighted by Gasteiger charge is 2.02. The summed E-state index contributed by atoms with van der Waals surface area (Å²) in [6, 6.07) is 3.43. The van der Waals surface area contributed by atoms with E-state index in [9.17, 15) is 4.79 Å². The Morgan fingerprint density at radius 1 is 1.92 bits per heavy atom. The number of rotatable bonds is 2. The first-order valence-electron chi connectivity index (χ1n) is 3.41. The van der Waals surface area contributed by atoms with Gasteiger partial charge in [0.2, 0.25) is 5.91 Å². The first-order valence-corrected chi connectivity index (χ1v) is 3.41. The highest BCUT2D eigenvalue weighted by Crippen LogP contribution is 2.03. The third-order valence-corrected chi connectivity index (χ3v) is 1.21. The molecule has 5 nitrogen and oxygen atoms in total. The minimum absolute atomic E-state index is 0.147. The van der Waals surface area contributed by atoms with Crippen molar-refractivity contribution in [1.82, 2.24) is 10.2 Å². The van der Waals surface area contributed by atoms with E-state index in [2.05, 4.69) is 15.5 Å². The van der Waals surface area contributed by atoms with Crippen molar-refractivity contribution in [3.8, 4) is 6.07 Å². The molecule has 1 aromatic rings. The summed E-state index contributed by atoms with van der Waals surface area (Å²) in [7, 11) is 0. The zero-order chi connectivity index (χ0) is 8.97. The predicted molar refractivity (Wildman–Crippen MR) is 42.2 cm³/mol. The second kappa shape index (κ2) is 3.53. The molecular weight excluding hydrogens is 156 g/mol. The molecule has 12 heavy (non-hydrogen) atoms. The molecule has 0 saturated heterocycles. The number of aromatic amines is 1. The minimum Gasteiger partial charge on any atom is -0.308 e. The number of carbonyl (C=O) groups is 1. The van der Waals surface area contributed by atoms with E-state index in [-0.39, 0.29) is 12.3 Å². The number of carbonyl (C=O) groups excluding carboxylic acids is 1. The Hall–Kier alpha value is -1.83. The van der Waals surface area contributed by atoms with E-state index in [1.807, 2.05) is 6.92 Å². The highest BCUT2D eigenvalue weighted by atomic mass is 16.1. The number of hydrogen-bond donors (Lipinski definition) is 2. The molecule has 0 unspecified atom stereocenters. The highest BCUT2D eigenvalue weighted by molar-refractivity contribution is 5.91. The van der Waals surface area contributed by atoms with Crippen LogP contribution in [-0.2, 0) is 4.79 Å². The molecule has 2 N–H and O–H groups in total. The second-order valence-corrected chi connectivity index (χ2v) is 2.32. The molecule has 0 fully saturated rings. The van der Waals surface area contributed by atoms with Gasteiger partial charge in [-0.25, -0.2) is 0 Å². The Labute approximate surface area is 69.4 Å². The summed E-state index contributed by atoms with van der Waals surface area (Å²) in [6.45, 7) is 1.83. The third kappa shape index (κ3) is 2.09. The Morgan fingerprint density at radius 3 is 3.17 bits per heavy atom. The second-order valence-electron chi connectivity index (χ2n) is 2.32. The molecule has 1 rings (SSSR count). The Bertz CT molecular complexity index is 322. The van der Waals surface area contributed by atoms with E-state index in [1.54, 1.807) is 12.1 Å². The molecule has 0 bridgehead atoms. The number of nitriles is 1. The molecule has 0 atom stereocenters. The van der Waals surface area contributed by atoms with Gasteiger partial charge in [-0.3, -0.25) is 9.89 Å². The first-order chi connectivity index (χ1) is 5.72. The van der Waals surface area contributed by atoms with Crippen LogP contribution in [0.2, 0.25) is 0 Å². The van der Waals surface area contributed by atoms with Crippen LogP contribution >= 0.6 is 0 Å². The maximum atomic E-state index is 10.8. The van der Waals surface area contributed by atoms with E-state index in [0.717, 1.165) is 5.69 Å². The van der Waals surface area contributed by atoms with E-state index in [0.29, 0.717) is 5.82 Å². The molecule has 0 aliphatic rings. The summed E-state index contributed by atoms with van der Waals surface area (Å²) in [6.07, 6.45) is -0.147. The van der Waals surface area contributed by atoms with Crippen LogP contribution in [0, 0.1) is 18.3 Å². The topological polar surface area (TPSA) is 81.6 Å². The van der Waals surface area contributed by atoms with Gasteiger partial charge in [0.05, 0.1) is 6.07 Å². The Balaban J connectivity index is 2.53. The molecule has 0 saturated carbocycles. The lowest BCUT2D eigenvalue weighted by molar-refractivity contribution is -0.115. The standard InChI is InChI=1S/C7H8N4O/c1-5-4-6(11-10-5)9-7(12)2-3-8/h4H,2H2,1H3,(H2,9,10,11,12). The van der Waals surface area contributed by atoms with Crippen molar-refractivity contribution in [3.05, 3.63) is 11.8 Å². The van der Waals surface area contributed by atoms with Gasteiger partial charge in [-0.1, -0.05) is 0 Å². The first kappa shape index (κ1) is 8.27. The molecular formula is C7H8N4O. The number of amides is 1. The van der Waals surface area contributed by atoms with Gasteiger partial charge >= 0.3 is 0 Å². The average Bonchev–Trinajstić information content (AvgIpc) is 2.36. The monoisotopic (exact) mass is 164 g/mol. The number of anilines is 1. The Kier molecular flexibility index (Phi) is 2.43. The lowest BCUT2D eigenvalue weighted by Crippen LogP contribution is -2.10. The summed E-state index contributed by atoms with van der Waals surface area (Å²) >= 11 is 0. The molecule has 62 valence electrons. The van der Waals surface area contributed by atoms with Crippen LogP contribution < -0.4 is 5.32 Å². The molecule has 0 radical (unpaired) electrons. The van der Waals surface area contributed by atoms with Crippen molar-refractivity contribution < 1.29 is 4.79 Å². The van der Waals surface area contributed by atoms with Crippen molar-refractivity contribution in [1.29, 1.82) is 5.26 Å². The van der Waals surface area contributed by atoms with E-state index >= 15 is 0 Å². The molecule has 0 spiro atoms. The number of nitrogens with one attached hydrogen (secondary N) is 2. The fraction of sp³-hybridized carbons (Fsp3) is 0.286. The lowest BCUT2D eigenvalue weighted by atomic mass is 10.4. The van der Waals surface area contributed by atoms with Gasteiger partial charge in [0, 0.05) is 11.8 Å². The maximum absolute atomic E-state index is 10.8. The minimum atomic E-state index is -0.344. The average molecular weight is 164 g/mol. The quantitative estimate of drug-likeness (QED) is 0.670. The number of aryl methyl sites for hydroxylation is 1. The van der Waals surface area contributed by atoms with Crippen LogP contribution in [0.1, 0.15) is 12.1 Å². The van der Waals surface area contributed by atoms with E-state index in [1.165, 1.54) is 0 Å². The van der Waals surface area contributed by atoms with Gasteiger partial charge in [0.1, 0.15) is 6.42 Å². The smallest absolute Gasteiger partial charge is 0.239 e. The number of nitrogens with zero attached hydrogens (tertiary/aromatic N) is 2.